The molecule has 5 heteroatoms. The summed E-state index contributed by atoms with van der Waals surface area (Å²) >= 11 is 0. The van der Waals surface area contributed by atoms with Crippen LogP contribution in [0.4, 0.5) is 0 Å². The lowest BCUT2D eigenvalue weighted by atomic mass is 10.1. The van der Waals surface area contributed by atoms with Crippen LogP contribution in [-0.4, -0.2) is 39.4 Å². The van der Waals surface area contributed by atoms with Crippen molar-refractivity contribution in [1.29, 1.82) is 0 Å². The Balaban J connectivity index is 2.06. The minimum absolute atomic E-state index is 0.517. The van der Waals surface area contributed by atoms with E-state index < -0.39 is 5.60 Å². The van der Waals surface area contributed by atoms with E-state index in [-0.39, 0.29) is 0 Å². The van der Waals surface area contributed by atoms with Crippen LogP contribution in [0.5, 0.6) is 0 Å². The third-order valence-electron chi connectivity index (χ3n) is 2.79. The third-order valence-corrected chi connectivity index (χ3v) is 2.79. The summed E-state index contributed by atoms with van der Waals surface area (Å²) < 4.78 is 5.66. The molecule has 0 atom stereocenters. The van der Waals surface area contributed by atoms with Crippen LogP contribution < -0.4 is 0 Å². The predicted molar refractivity (Wildman–Crippen MR) is 77.1 cm³/mol. The molecule has 0 aliphatic rings. The van der Waals surface area contributed by atoms with E-state index in [1.54, 1.807) is 13.8 Å². The number of hydrogen-bond donors (Lipinski definition) is 1. The molecule has 2 rings (SSSR count). The molecule has 1 N–H and O–H groups in total. The molecule has 2 aromatic rings. The summed E-state index contributed by atoms with van der Waals surface area (Å²) in [5.74, 6) is 1.08. The summed E-state index contributed by atoms with van der Waals surface area (Å²) in [4.78, 5) is 1.95. The third kappa shape index (κ3) is 4.15. The average molecular weight is 275 g/mol. The van der Waals surface area contributed by atoms with Gasteiger partial charge in [-0.2, -0.15) is 0 Å². The lowest BCUT2D eigenvalue weighted by Crippen LogP contribution is -2.35. The van der Waals surface area contributed by atoms with Crippen molar-refractivity contribution in [1.82, 2.24) is 15.1 Å². The number of benzene rings is 1. The highest BCUT2D eigenvalue weighted by Crippen LogP contribution is 2.19. The number of nitrogens with zero attached hydrogens (tertiary/aromatic N) is 3. The standard InChI is InChI=1S/C15H21N3O2/c1-11-6-5-7-12(8-11)14-17-16-13(20-14)9-18(4)10-15(2,3)19/h5-8,19H,9-10H2,1-4H3. The molecular weight excluding hydrogens is 254 g/mol. The van der Waals surface area contributed by atoms with Crippen LogP contribution in [0.2, 0.25) is 0 Å². The quantitative estimate of drug-likeness (QED) is 0.906. The topological polar surface area (TPSA) is 62.4 Å². The van der Waals surface area contributed by atoms with Gasteiger partial charge in [0.1, 0.15) is 0 Å². The molecule has 0 fully saturated rings. The first kappa shape index (κ1) is 14.7. The van der Waals surface area contributed by atoms with E-state index >= 15 is 0 Å². The summed E-state index contributed by atoms with van der Waals surface area (Å²) in [6.07, 6.45) is 0. The van der Waals surface area contributed by atoms with E-state index in [1.807, 2.05) is 43.1 Å². The van der Waals surface area contributed by atoms with Gasteiger partial charge in [0.05, 0.1) is 12.1 Å². The zero-order valence-corrected chi connectivity index (χ0v) is 12.4. The van der Waals surface area contributed by atoms with Gasteiger partial charge in [-0.15, -0.1) is 10.2 Å². The average Bonchev–Trinajstić information content (AvgIpc) is 2.74. The first-order valence-corrected chi connectivity index (χ1v) is 6.64. The van der Waals surface area contributed by atoms with E-state index in [9.17, 15) is 5.11 Å². The monoisotopic (exact) mass is 275 g/mol. The highest BCUT2D eigenvalue weighted by molar-refractivity contribution is 5.53. The van der Waals surface area contributed by atoms with Gasteiger partial charge in [-0.3, -0.25) is 4.90 Å². The van der Waals surface area contributed by atoms with Gasteiger partial charge in [0.25, 0.3) is 0 Å². The second kappa shape index (κ2) is 5.73. The van der Waals surface area contributed by atoms with Gasteiger partial charge < -0.3 is 9.52 Å². The Hall–Kier alpha value is -1.72. The summed E-state index contributed by atoms with van der Waals surface area (Å²) in [5.41, 5.74) is 1.34. The lowest BCUT2D eigenvalue weighted by molar-refractivity contribution is 0.0403. The molecule has 0 aliphatic carbocycles. The maximum atomic E-state index is 9.77. The SMILES string of the molecule is Cc1cccc(-c2nnc(CN(C)CC(C)(C)O)o2)c1. The summed E-state index contributed by atoms with van der Waals surface area (Å²) in [7, 11) is 1.91. The molecule has 1 aromatic carbocycles. The van der Waals surface area contributed by atoms with Crippen LogP contribution in [0, 0.1) is 6.92 Å². The van der Waals surface area contributed by atoms with E-state index in [1.165, 1.54) is 0 Å². The Morgan fingerprint density at radius 1 is 1.30 bits per heavy atom. The predicted octanol–water partition coefficient (Wildman–Crippen LogP) is 2.25. The zero-order chi connectivity index (χ0) is 14.8. The van der Waals surface area contributed by atoms with Crippen LogP contribution in [0.25, 0.3) is 11.5 Å². The first-order valence-electron chi connectivity index (χ1n) is 6.64. The number of aromatic nitrogens is 2. The molecule has 108 valence electrons. The Kier molecular flexibility index (Phi) is 4.20. The second-order valence-corrected chi connectivity index (χ2v) is 5.86. The van der Waals surface area contributed by atoms with Crippen LogP contribution in [0.1, 0.15) is 25.3 Å². The van der Waals surface area contributed by atoms with Crippen molar-refractivity contribution >= 4 is 0 Å². The van der Waals surface area contributed by atoms with Crippen LogP contribution in [-0.2, 0) is 6.54 Å². The van der Waals surface area contributed by atoms with Crippen molar-refractivity contribution < 1.29 is 9.52 Å². The fraction of sp³-hybridized carbons (Fsp3) is 0.467. The molecule has 0 spiro atoms. The minimum Gasteiger partial charge on any atom is -0.419 e. The number of likely N-dealkylation sites (N-methyl/N-ethyl adjacent to an activating group) is 1. The smallest absolute Gasteiger partial charge is 0.247 e. The lowest BCUT2D eigenvalue weighted by Gasteiger charge is -2.23. The number of aliphatic hydroxyl groups is 1. The number of hydrogen-bond acceptors (Lipinski definition) is 5. The fourth-order valence-corrected chi connectivity index (χ4v) is 2.16. The molecule has 0 unspecified atom stereocenters. The van der Waals surface area contributed by atoms with Gasteiger partial charge in [-0.1, -0.05) is 17.7 Å². The van der Waals surface area contributed by atoms with Crippen molar-refractivity contribution in [2.75, 3.05) is 13.6 Å². The molecule has 0 bridgehead atoms. The molecule has 0 amide bonds. The van der Waals surface area contributed by atoms with Crippen molar-refractivity contribution in [3.63, 3.8) is 0 Å². The molecule has 5 nitrogen and oxygen atoms in total. The second-order valence-electron chi connectivity index (χ2n) is 5.86. The van der Waals surface area contributed by atoms with Crippen LogP contribution >= 0.6 is 0 Å². The van der Waals surface area contributed by atoms with Crippen molar-refractivity contribution in [3.8, 4) is 11.5 Å². The van der Waals surface area contributed by atoms with E-state index in [4.69, 9.17) is 4.42 Å². The highest BCUT2D eigenvalue weighted by Gasteiger charge is 2.17. The largest absolute Gasteiger partial charge is 0.419 e. The Bertz CT molecular complexity index is 572. The highest BCUT2D eigenvalue weighted by atomic mass is 16.4. The fourth-order valence-electron chi connectivity index (χ4n) is 2.16. The van der Waals surface area contributed by atoms with E-state index in [0.717, 1.165) is 11.1 Å². The summed E-state index contributed by atoms with van der Waals surface area (Å²) in [6.45, 7) is 6.63. The van der Waals surface area contributed by atoms with Crippen LogP contribution in [0.15, 0.2) is 28.7 Å². The first-order chi connectivity index (χ1) is 9.33. The normalized spacial score (nSPS) is 12.1. The Labute approximate surface area is 119 Å². The van der Waals surface area contributed by atoms with Gasteiger partial charge in [-0.05, 0) is 40.0 Å². The molecule has 0 radical (unpaired) electrons. The van der Waals surface area contributed by atoms with Crippen molar-refractivity contribution in [2.45, 2.75) is 32.9 Å². The van der Waals surface area contributed by atoms with Gasteiger partial charge in [0.15, 0.2) is 0 Å². The Morgan fingerprint density at radius 2 is 2.05 bits per heavy atom. The van der Waals surface area contributed by atoms with Gasteiger partial charge in [0, 0.05) is 12.1 Å². The minimum atomic E-state index is -0.742. The van der Waals surface area contributed by atoms with Gasteiger partial charge >= 0.3 is 0 Å². The van der Waals surface area contributed by atoms with Gasteiger partial charge in [0.2, 0.25) is 11.8 Å². The zero-order valence-electron chi connectivity index (χ0n) is 12.4. The van der Waals surface area contributed by atoms with E-state index in [0.29, 0.717) is 24.9 Å². The van der Waals surface area contributed by atoms with Gasteiger partial charge in [-0.25, -0.2) is 0 Å². The molecule has 0 saturated heterocycles. The van der Waals surface area contributed by atoms with Crippen molar-refractivity contribution in [2.24, 2.45) is 0 Å². The van der Waals surface area contributed by atoms with E-state index in [2.05, 4.69) is 10.2 Å². The molecular formula is C15H21N3O2. The number of aryl methyl sites for hydroxylation is 1. The molecule has 1 heterocycles. The molecule has 1 aromatic heterocycles. The maximum absolute atomic E-state index is 9.77. The summed E-state index contributed by atoms with van der Waals surface area (Å²) in [6, 6.07) is 7.95. The van der Waals surface area contributed by atoms with Crippen molar-refractivity contribution in [3.05, 3.63) is 35.7 Å². The molecule has 0 saturated carbocycles. The summed E-state index contributed by atoms with van der Waals surface area (Å²) in [5, 5.41) is 17.9. The number of rotatable bonds is 5. The molecule has 0 aliphatic heterocycles. The van der Waals surface area contributed by atoms with Crippen LogP contribution in [0.3, 0.4) is 0 Å². The maximum Gasteiger partial charge on any atom is 0.247 e. The Morgan fingerprint density at radius 3 is 2.70 bits per heavy atom. The molecule has 20 heavy (non-hydrogen) atoms.